The van der Waals surface area contributed by atoms with Crippen LogP contribution in [0.1, 0.15) is 50.4 Å². The molecular formula is C19H32N2O3. The van der Waals surface area contributed by atoms with Crippen LogP contribution in [-0.2, 0) is 4.74 Å². The Kier molecular flexibility index (Phi) is 8.61. The van der Waals surface area contributed by atoms with Crippen LogP contribution in [0.2, 0.25) is 0 Å². The topological polar surface area (TPSA) is 64.8 Å². The molecule has 5 heteroatoms. The quantitative estimate of drug-likeness (QED) is 0.402. The van der Waals surface area contributed by atoms with Crippen LogP contribution in [0.15, 0.2) is 18.2 Å². The smallest absolute Gasteiger partial charge is 0.341 e. The number of carbonyl (C=O) groups excluding carboxylic acids is 1. The van der Waals surface area contributed by atoms with E-state index in [1.807, 2.05) is 14.1 Å². The van der Waals surface area contributed by atoms with Crippen molar-refractivity contribution in [2.45, 2.75) is 46.1 Å². The Bertz CT molecular complexity index is 515. The van der Waals surface area contributed by atoms with Gasteiger partial charge in [0.1, 0.15) is 17.9 Å². The van der Waals surface area contributed by atoms with Gasteiger partial charge in [-0.15, -0.1) is 0 Å². The molecule has 0 saturated carbocycles. The number of carbonyl (C=O) groups is 1. The number of esters is 1. The molecular weight excluding hydrogens is 304 g/mol. The first-order chi connectivity index (χ1) is 11.3. The summed E-state index contributed by atoms with van der Waals surface area (Å²) in [7, 11) is 4.01. The summed E-state index contributed by atoms with van der Waals surface area (Å²) in [5.41, 5.74) is 6.82. The van der Waals surface area contributed by atoms with Crippen molar-refractivity contribution in [3.63, 3.8) is 0 Å². The highest BCUT2D eigenvalue weighted by atomic mass is 16.5. The maximum Gasteiger partial charge on any atom is 0.341 e. The fourth-order valence-corrected chi connectivity index (χ4v) is 2.38. The van der Waals surface area contributed by atoms with Crippen LogP contribution in [0.5, 0.6) is 5.75 Å². The Balaban J connectivity index is 2.75. The third-order valence-electron chi connectivity index (χ3n) is 3.86. The number of nitrogen functional groups attached to an aromatic ring is 1. The molecule has 0 radical (unpaired) electrons. The molecule has 1 aromatic carbocycles. The molecule has 0 aromatic heterocycles. The Hall–Kier alpha value is -1.75. The van der Waals surface area contributed by atoms with E-state index in [0.717, 1.165) is 19.3 Å². The average molecular weight is 336 g/mol. The molecule has 0 spiro atoms. The Morgan fingerprint density at radius 3 is 2.58 bits per heavy atom. The summed E-state index contributed by atoms with van der Waals surface area (Å²) in [5, 5.41) is 0. The second kappa shape index (κ2) is 10.2. The largest absolute Gasteiger partial charge is 0.493 e. The van der Waals surface area contributed by atoms with Gasteiger partial charge in [0, 0.05) is 17.8 Å². The van der Waals surface area contributed by atoms with E-state index in [0.29, 0.717) is 36.1 Å². The summed E-state index contributed by atoms with van der Waals surface area (Å²) < 4.78 is 11.2. The molecule has 0 fully saturated rings. The first-order valence-electron chi connectivity index (χ1n) is 8.71. The van der Waals surface area contributed by atoms with Gasteiger partial charge in [-0.05, 0) is 45.0 Å². The lowest BCUT2D eigenvalue weighted by atomic mass is 10.0. The van der Waals surface area contributed by atoms with Crippen molar-refractivity contribution in [2.75, 3.05) is 33.0 Å². The highest BCUT2D eigenvalue weighted by Gasteiger charge is 2.19. The number of hydrogen-bond acceptors (Lipinski definition) is 5. The number of nitrogens with two attached hydrogens (primary N) is 1. The summed E-state index contributed by atoms with van der Waals surface area (Å²) in [5.74, 6) is 0.677. The lowest BCUT2D eigenvalue weighted by Gasteiger charge is -2.25. The summed E-state index contributed by atoms with van der Waals surface area (Å²) in [4.78, 5) is 14.6. The Labute approximate surface area is 146 Å². The Morgan fingerprint density at radius 2 is 2.00 bits per heavy atom. The number of ether oxygens (including phenoxy) is 2. The molecule has 0 aliphatic carbocycles. The number of anilines is 1. The monoisotopic (exact) mass is 336 g/mol. The van der Waals surface area contributed by atoms with E-state index in [1.54, 1.807) is 18.2 Å². The minimum atomic E-state index is -0.364. The normalized spacial score (nSPS) is 12.5. The summed E-state index contributed by atoms with van der Waals surface area (Å²) >= 11 is 0. The van der Waals surface area contributed by atoms with Crippen molar-refractivity contribution in [1.29, 1.82) is 0 Å². The second-order valence-electron chi connectivity index (χ2n) is 6.80. The zero-order valence-corrected chi connectivity index (χ0v) is 15.7. The molecule has 0 heterocycles. The first kappa shape index (κ1) is 20.3. The maximum absolute atomic E-state index is 12.5. The molecule has 136 valence electrons. The predicted octanol–water partition coefficient (Wildman–Crippen LogP) is 3.58. The van der Waals surface area contributed by atoms with Crippen molar-refractivity contribution in [3.8, 4) is 5.75 Å². The van der Waals surface area contributed by atoms with Crippen LogP contribution in [0, 0.1) is 5.92 Å². The van der Waals surface area contributed by atoms with Crippen LogP contribution in [-0.4, -0.2) is 44.2 Å². The van der Waals surface area contributed by atoms with E-state index in [2.05, 4.69) is 25.7 Å². The van der Waals surface area contributed by atoms with Crippen LogP contribution in [0.3, 0.4) is 0 Å². The third-order valence-corrected chi connectivity index (χ3v) is 3.86. The maximum atomic E-state index is 12.5. The van der Waals surface area contributed by atoms with Crippen molar-refractivity contribution < 1.29 is 14.3 Å². The lowest BCUT2D eigenvalue weighted by molar-refractivity contribution is 0.0375. The molecule has 1 aromatic rings. The number of unbranched alkanes of at least 4 members (excludes halogenated alkanes) is 1. The fourth-order valence-electron chi connectivity index (χ4n) is 2.38. The SMILES string of the molecule is CCCCOc1cc(N)ccc1C(=O)OC[C@H](CC(C)C)N(C)C. The summed E-state index contributed by atoms with van der Waals surface area (Å²) in [6.07, 6.45) is 2.93. The average Bonchev–Trinajstić information content (AvgIpc) is 2.51. The fraction of sp³-hybridized carbons (Fsp3) is 0.632. The molecule has 0 saturated heterocycles. The van der Waals surface area contributed by atoms with Gasteiger partial charge in [-0.3, -0.25) is 0 Å². The van der Waals surface area contributed by atoms with Gasteiger partial charge in [0.2, 0.25) is 0 Å². The van der Waals surface area contributed by atoms with E-state index in [9.17, 15) is 4.79 Å². The van der Waals surface area contributed by atoms with Gasteiger partial charge >= 0.3 is 5.97 Å². The summed E-state index contributed by atoms with van der Waals surface area (Å²) in [6, 6.07) is 5.25. The Morgan fingerprint density at radius 1 is 1.29 bits per heavy atom. The van der Waals surface area contributed by atoms with Gasteiger partial charge in [0.05, 0.1) is 6.61 Å². The molecule has 0 aliphatic heterocycles. The van der Waals surface area contributed by atoms with E-state index in [1.165, 1.54) is 0 Å². The van der Waals surface area contributed by atoms with Gasteiger partial charge in [0.25, 0.3) is 0 Å². The van der Waals surface area contributed by atoms with E-state index in [-0.39, 0.29) is 12.0 Å². The van der Waals surface area contributed by atoms with E-state index < -0.39 is 0 Å². The molecule has 1 rings (SSSR count). The molecule has 0 aliphatic rings. The number of nitrogens with zero attached hydrogens (tertiary/aromatic N) is 1. The number of hydrogen-bond donors (Lipinski definition) is 1. The standard InChI is InChI=1S/C19H32N2O3/c1-6-7-10-23-18-12-15(20)8-9-17(18)19(22)24-13-16(21(4)5)11-14(2)3/h8-9,12,14,16H,6-7,10-11,13,20H2,1-5H3/t16-/m0/s1. The van der Waals surface area contributed by atoms with Crippen LogP contribution in [0.25, 0.3) is 0 Å². The molecule has 0 bridgehead atoms. The molecule has 0 amide bonds. The van der Waals surface area contributed by atoms with Gasteiger partial charge in [0.15, 0.2) is 0 Å². The third kappa shape index (κ3) is 6.79. The molecule has 1 atom stereocenters. The second-order valence-corrected chi connectivity index (χ2v) is 6.80. The van der Waals surface area contributed by atoms with Crippen molar-refractivity contribution in [3.05, 3.63) is 23.8 Å². The number of likely N-dealkylation sites (N-methyl/N-ethyl adjacent to an activating group) is 1. The highest BCUT2D eigenvalue weighted by Crippen LogP contribution is 2.23. The van der Waals surface area contributed by atoms with Crippen molar-refractivity contribution >= 4 is 11.7 Å². The van der Waals surface area contributed by atoms with E-state index >= 15 is 0 Å². The zero-order chi connectivity index (χ0) is 18.1. The molecule has 5 nitrogen and oxygen atoms in total. The minimum Gasteiger partial charge on any atom is -0.493 e. The van der Waals surface area contributed by atoms with Gasteiger partial charge in [-0.1, -0.05) is 27.2 Å². The van der Waals surface area contributed by atoms with Crippen molar-refractivity contribution in [1.82, 2.24) is 4.90 Å². The van der Waals surface area contributed by atoms with Gasteiger partial charge in [-0.25, -0.2) is 4.79 Å². The highest BCUT2D eigenvalue weighted by molar-refractivity contribution is 5.93. The van der Waals surface area contributed by atoms with Crippen molar-refractivity contribution in [2.24, 2.45) is 5.92 Å². The van der Waals surface area contributed by atoms with Crippen LogP contribution < -0.4 is 10.5 Å². The lowest BCUT2D eigenvalue weighted by Crippen LogP contribution is -2.34. The number of rotatable bonds is 10. The molecule has 2 N–H and O–H groups in total. The zero-order valence-electron chi connectivity index (χ0n) is 15.7. The summed E-state index contributed by atoms with van der Waals surface area (Å²) in [6.45, 7) is 7.35. The van der Waals surface area contributed by atoms with E-state index in [4.69, 9.17) is 15.2 Å². The van der Waals surface area contributed by atoms with Gasteiger partial charge in [-0.2, -0.15) is 0 Å². The minimum absolute atomic E-state index is 0.201. The number of benzene rings is 1. The van der Waals surface area contributed by atoms with Crippen LogP contribution in [0.4, 0.5) is 5.69 Å². The predicted molar refractivity (Wildman–Crippen MR) is 98.5 cm³/mol. The first-order valence-corrected chi connectivity index (χ1v) is 8.71. The molecule has 0 unspecified atom stereocenters. The molecule has 24 heavy (non-hydrogen) atoms. The van der Waals surface area contributed by atoms with Crippen LogP contribution >= 0.6 is 0 Å². The van der Waals surface area contributed by atoms with Gasteiger partial charge < -0.3 is 20.1 Å².